The van der Waals surface area contributed by atoms with Gasteiger partial charge in [0, 0.05) is 33.0 Å². The van der Waals surface area contributed by atoms with Gasteiger partial charge in [-0.3, -0.25) is 19.8 Å². The van der Waals surface area contributed by atoms with Gasteiger partial charge in [-0.2, -0.15) is 0 Å². The summed E-state index contributed by atoms with van der Waals surface area (Å²) in [5.41, 5.74) is 4.03. The topological polar surface area (TPSA) is 150 Å². The zero-order chi connectivity index (χ0) is 25.9. The highest BCUT2D eigenvalue weighted by Crippen LogP contribution is 2.25. The van der Waals surface area contributed by atoms with E-state index in [2.05, 4.69) is 6.58 Å². The molecule has 0 unspecified atom stereocenters. The number of aliphatic carboxylic acids is 2. The van der Waals surface area contributed by atoms with Crippen LogP contribution in [-0.2, 0) is 19.2 Å². The van der Waals surface area contributed by atoms with Crippen LogP contribution in [0.1, 0.15) is 42.7 Å². The summed E-state index contributed by atoms with van der Waals surface area (Å²) in [5.74, 6) is 2.61. The van der Waals surface area contributed by atoms with Crippen LogP contribution in [0.3, 0.4) is 0 Å². The Morgan fingerprint density at radius 1 is 0.912 bits per heavy atom. The molecule has 2 amide bonds. The number of nitrogens with zero attached hydrogens (tertiary/aromatic N) is 1. The Morgan fingerprint density at radius 2 is 1.32 bits per heavy atom. The van der Waals surface area contributed by atoms with Crippen molar-refractivity contribution in [2.75, 3.05) is 14.1 Å². The molecule has 2 rings (SSSR count). The number of hydrogen-bond acceptors (Lipinski definition) is 5. The van der Waals surface area contributed by atoms with E-state index in [9.17, 15) is 19.2 Å². The Kier molecular flexibility index (Phi) is 15.5. The van der Waals surface area contributed by atoms with Crippen LogP contribution < -0.4 is 11.3 Å². The SMILES string of the molecule is C=CC(=O)O.CN(C)C(=O)C(c1ccccc1)c1ccccc1.NNC(=O)CCCCC(=O)O. The summed E-state index contributed by atoms with van der Waals surface area (Å²) in [4.78, 5) is 43.7. The van der Waals surface area contributed by atoms with Crippen molar-refractivity contribution < 1.29 is 29.4 Å². The number of amides is 2. The predicted octanol–water partition coefficient (Wildman–Crippen LogP) is 2.79. The maximum Gasteiger partial charge on any atom is 0.327 e. The predicted molar refractivity (Wildman–Crippen MR) is 130 cm³/mol. The highest BCUT2D eigenvalue weighted by Gasteiger charge is 2.23. The van der Waals surface area contributed by atoms with Gasteiger partial charge in [0.2, 0.25) is 11.8 Å². The van der Waals surface area contributed by atoms with Crippen molar-refractivity contribution in [3.8, 4) is 0 Å². The molecule has 2 aromatic rings. The number of unbranched alkanes of at least 4 members (excludes halogenated alkanes) is 1. The molecule has 5 N–H and O–H groups in total. The smallest absolute Gasteiger partial charge is 0.327 e. The first-order valence-electron chi connectivity index (χ1n) is 10.5. The molecule has 0 heterocycles. The molecule has 34 heavy (non-hydrogen) atoms. The molecule has 0 aliphatic heterocycles. The van der Waals surface area contributed by atoms with E-state index < -0.39 is 11.9 Å². The minimum Gasteiger partial charge on any atom is -0.481 e. The number of carboxylic acids is 2. The van der Waals surface area contributed by atoms with Gasteiger partial charge in [0.1, 0.15) is 0 Å². The van der Waals surface area contributed by atoms with Crippen LogP contribution in [-0.4, -0.2) is 53.0 Å². The first-order chi connectivity index (χ1) is 16.1. The highest BCUT2D eigenvalue weighted by molar-refractivity contribution is 5.86. The molecule has 0 aromatic heterocycles. The minimum atomic E-state index is -0.981. The summed E-state index contributed by atoms with van der Waals surface area (Å²) in [6.45, 7) is 2.96. The quantitative estimate of drug-likeness (QED) is 0.144. The first kappa shape index (κ1) is 30.0. The van der Waals surface area contributed by atoms with Gasteiger partial charge < -0.3 is 15.1 Å². The second-order valence-electron chi connectivity index (χ2n) is 7.20. The Hall–Kier alpha value is -3.98. The van der Waals surface area contributed by atoms with Crippen molar-refractivity contribution in [3.63, 3.8) is 0 Å². The summed E-state index contributed by atoms with van der Waals surface area (Å²) < 4.78 is 0. The van der Waals surface area contributed by atoms with E-state index in [-0.39, 0.29) is 24.2 Å². The molecular formula is C25H33N3O6. The molecule has 0 atom stereocenters. The van der Waals surface area contributed by atoms with Gasteiger partial charge in [0.15, 0.2) is 0 Å². The number of hydrogen-bond donors (Lipinski definition) is 4. The zero-order valence-electron chi connectivity index (χ0n) is 19.5. The average Bonchev–Trinajstić information content (AvgIpc) is 2.83. The lowest BCUT2D eigenvalue weighted by Gasteiger charge is -2.21. The van der Waals surface area contributed by atoms with E-state index in [1.165, 1.54) is 0 Å². The lowest BCUT2D eigenvalue weighted by Crippen LogP contribution is -2.29. The Labute approximate surface area is 199 Å². The van der Waals surface area contributed by atoms with Crippen LogP contribution in [0, 0.1) is 0 Å². The third kappa shape index (κ3) is 13.4. The molecule has 0 spiro atoms. The number of likely N-dealkylation sites (N-methyl/N-ethyl adjacent to an activating group) is 1. The summed E-state index contributed by atoms with van der Waals surface area (Å²) in [5, 5.41) is 15.8. The van der Waals surface area contributed by atoms with Gasteiger partial charge in [0.05, 0.1) is 5.92 Å². The fourth-order valence-corrected chi connectivity index (χ4v) is 2.66. The molecule has 0 radical (unpaired) electrons. The number of carbonyl (C=O) groups is 4. The first-order valence-corrected chi connectivity index (χ1v) is 10.5. The monoisotopic (exact) mass is 471 g/mol. The molecule has 184 valence electrons. The molecule has 0 aliphatic carbocycles. The third-order valence-corrected chi connectivity index (χ3v) is 4.33. The molecule has 0 fully saturated rings. The molecular weight excluding hydrogens is 438 g/mol. The van der Waals surface area contributed by atoms with Crippen molar-refractivity contribution in [2.45, 2.75) is 31.6 Å². The molecule has 0 bridgehead atoms. The molecule has 0 saturated carbocycles. The van der Waals surface area contributed by atoms with Gasteiger partial charge in [-0.15, -0.1) is 0 Å². The van der Waals surface area contributed by atoms with Gasteiger partial charge >= 0.3 is 11.9 Å². The van der Waals surface area contributed by atoms with Crippen molar-refractivity contribution in [1.82, 2.24) is 10.3 Å². The van der Waals surface area contributed by atoms with E-state index >= 15 is 0 Å². The summed E-state index contributed by atoms with van der Waals surface area (Å²) in [6, 6.07) is 19.8. The third-order valence-electron chi connectivity index (χ3n) is 4.33. The number of hydrazine groups is 1. The van der Waals surface area contributed by atoms with Crippen molar-refractivity contribution in [2.24, 2.45) is 5.84 Å². The molecule has 0 saturated heterocycles. The number of nitrogens with two attached hydrogens (primary N) is 1. The van der Waals surface area contributed by atoms with Crippen molar-refractivity contribution >= 4 is 23.8 Å². The number of rotatable bonds is 9. The number of nitrogens with one attached hydrogen (secondary N) is 1. The van der Waals surface area contributed by atoms with Crippen molar-refractivity contribution in [1.29, 1.82) is 0 Å². The van der Waals surface area contributed by atoms with E-state index in [4.69, 9.17) is 16.1 Å². The summed E-state index contributed by atoms with van der Waals surface area (Å²) in [7, 11) is 3.59. The Balaban J connectivity index is 0.000000581. The normalized spacial score (nSPS) is 9.41. The second-order valence-corrected chi connectivity index (χ2v) is 7.20. The van der Waals surface area contributed by atoms with Crippen LogP contribution >= 0.6 is 0 Å². The number of carboxylic acid groups (broad SMARTS) is 2. The van der Waals surface area contributed by atoms with Crippen LogP contribution in [0.15, 0.2) is 73.3 Å². The van der Waals surface area contributed by atoms with Crippen molar-refractivity contribution in [3.05, 3.63) is 84.4 Å². The molecule has 9 nitrogen and oxygen atoms in total. The molecule has 2 aromatic carbocycles. The number of benzene rings is 2. The van der Waals surface area contributed by atoms with Crippen LogP contribution in [0.25, 0.3) is 0 Å². The standard InChI is InChI=1S/C16H17NO.C6H12N2O3.C3H4O2/c1-17(2)16(18)15(13-9-5-3-6-10-13)14-11-7-4-8-12-14;7-8-5(9)3-1-2-4-6(10)11;1-2-3(4)5/h3-12,15H,1-2H3;1-4,7H2,(H,8,9)(H,10,11);2H,1H2,(H,4,5). The van der Waals surface area contributed by atoms with Crippen LogP contribution in [0.2, 0.25) is 0 Å². The van der Waals surface area contributed by atoms with Gasteiger partial charge in [0.25, 0.3) is 0 Å². The van der Waals surface area contributed by atoms with E-state index in [0.29, 0.717) is 19.3 Å². The molecule has 9 heteroatoms. The largest absolute Gasteiger partial charge is 0.481 e. The zero-order valence-corrected chi connectivity index (χ0v) is 19.5. The van der Waals surface area contributed by atoms with Gasteiger partial charge in [-0.05, 0) is 24.0 Å². The second kappa shape index (κ2) is 17.6. The summed E-state index contributed by atoms with van der Waals surface area (Å²) in [6.07, 6.45) is 2.32. The Morgan fingerprint density at radius 3 is 1.65 bits per heavy atom. The van der Waals surface area contributed by atoms with Gasteiger partial charge in [-0.25, -0.2) is 10.6 Å². The van der Waals surface area contributed by atoms with Gasteiger partial charge in [-0.1, -0.05) is 67.2 Å². The Bertz CT molecular complexity index is 862. The van der Waals surface area contributed by atoms with E-state index in [0.717, 1.165) is 17.2 Å². The highest BCUT2D eigenvalue weighted by atomic mass is 16.4. The lowest BCUT2D eigenvalue weighted by atomic mass is 9.90. The molecule has 0 aliphatic rings. The summed E-state index contributed by atoms with van der Waals surface area (Å²) >= 11 is 0. The lowest BCUT2D eigenvalue weighted by molar-refractivity contribution is -0.137. The minimum absolute atomic E-state index is 0.104. The van der Waals surface area contributed by atoms with Crippen LogP contribution in [0.4, 0.5) is 0 Å². The maximum atomic E-state index is 12.4. The van der Waals surface area contributed by atoms with E-state index in [1.54, 1.807) is 19.0 Å². The maximum absolute atomic E-state index is 12.4. The number of carbonyl (C=O) groups excluding carboxylic acids is 2. The average molecular weight is 472 g/mol. The van der Waals surface area contributed by atoms with E-state index in [1.807, 2.05) is 66.1 Å². The van der Waals surface area contributed by atoms with Crippen LogP contribution in [0.5, 0.6) is 0 Å². The fourth-order valence-electron chi connectivity index (χ4n) is 2.66. The fraction of sp³-hybridized carbons (Fsp3) is 0.280.